The maximum absolute atomic E-state index is 12.6. The van der Waals surface area contributed by atoms with E-state index >= 15 is 0 Å². The monoisotopic (exact) mass is 170 g/mol. The Labute approximate surface area is 68.6 Å². The second-order valence-electron chi connectivity index (χ2n) is 3.09. The lowest BCUT2D eigenvalue weighted by atomic mass is 10.1. The summed E-state index contributed by atoms with van der Waals surface area (Å²) < 4.78 is 25.2. The highest BCUT2D eigenvalue weighted by Gasteiger charge is 2.58. The Morgan fingerprint density at radius 2 is 2.25 bits per heavy atom. The highest BCUT2D eigenvalue weighted by Crippen LogP contribution is 2.55. The summed E-state index contributed by atoms with van der Waals surface area (Å²) >= 11 is 0. The maximum Gasteiger partial charge on any atom is 0.256 e. The molecule has 64 valence electrons. The molecule has 0 bridgehead atoms. The van der Waals surface area contributed by atoms with Gasteiger partial charge in [0.2, 0.25) is 0 Å². The number of rotatable bonds is 1. The van der Waals surface area contributed by atoms with Crippen LogP contribution in [0.3, 0.4) is 0 Å². The van der Waals surface area contributed by atoms with Gasteiger partial charge in [0.15, 0.2) is 0 Å². The van der Waals surface area contributed by atoms with E-state index in [0.717, 1.165) is 0 Å². The van der Waals surface area contributed by atoms with Gasteiger partial charge in [-0.15, -0.1) is 0 Å². The summed E-state index contributed by atoms with van der Waals surface area (Å²) in [6.45, 7) is 1.71. The number of hydrogen-bond donors (Lipinski definition) is 0. The molecule has 1 atom stereocenters. The summed E-state index contributed by atoms with van der Waals surface area (Å²) in [5.74, 6) is -3.12. The molecular formula is C8H8F2N2. The summed E-state index contributed by atoms with van der Waals surface area (Å²) in [5, 5.41) is 7.33. The molecule has 0 saturated heterocycles. The van der Waals surface area contributed by atoms with E-state index in [-0.39, 0.29) is 6.42 Å². The Kier molecular flexibility index (Phi) is 1.40. The van der Waals surface area contributed by atoms with Crippen LogP contribution in [-0.2, 0) is 0 Å². The standard InChI is InChI=1S/C8H8F2N2/c1-5-6(2-3-11-12-5)7-4-8(7,9)10/h2-3,7H,4H2,1H3. The maximum atomic E-state index is 12.6. The van der Waals surface area contributed by atoms with Gasteiger partial charge < -0.3 is 0 Å². The number of nitrogens with zero attached hydrogens (tertiary/aromatic N) is 2. The van der Waals surface area contributed by atoms with Crippen molar-refractivity contribution >= 4 is 0 Å². The summed E-state index contributed by atoms with van der Waals surface area (Å²) in [6.07, 6.45) is 1.41. The minimum absolute atomic E-state index is 0.0421. The third kappa shape index (κ3) is 1.07. The second kappa shape index (κ2) is 2.21. The predicted molar refractivity (Wildman–Crippen MR) is 39.1 cm³/mol. The van der Waals surface area contributed by atoms with Gasteiger partial charge in [0.05, 0.1) is 11.6 Å². The van der Waals surface area contributed by atoms with Gasteiger partial charge in [-0.25, -0.2) is 8.78 Å². The van der Waals surface area contributed by atoms with E-state index in [1.54, 1.807) is 13.0 Å². The average molecular weight is 170 g/mol. The molecule has 1 unspecified atom stereocenters. The van der Waals surface area contributed by atoms with Gasteiger partial charge in [-0.2, -0.15) is 10.2 Å². The van der Waals surface area contributed by atoms with E-state index in [1.165, 1.54) is 6.20 Å². The van der Waals surface area contributed by atoms with Gasteiger partial charge in [-0.3, -0.25) is 0 Å². The molecule has 1 aromatic rings. The van der Waals surface area contributed by atoms with Crippen LogP contribution in [0.5, 0.6) is 0 Å². The van der Waals surface area contributed by atoms with Gasteiger partial charge in [-0.05, 0) is 18.6 Å². The first-order chi connectivity index (χ1) is 5.61. The zero-order valence-corrected chi connectivity index (χ0v) is 6.59. The van der Waals surface area contributed by atoms with Gasteiger partial charge in [-0.1, -0.05) is 0 Å². The van der Waals surface area contributed by atoms with E-state index in [1.807, 2.05) is 0 Å². The number of aromatic nitrogens is 2. The van der Waals surface area contributed by atoms with Crippen molar-refractivity contribution in [1.29, 1.82) is 0 Å². The minimum Gasteiger partial charge on any atom is -0.206 e. The summed E-state index contributed by atoms with van der Waals surface area (Å²) in [6, 6.07) is 1.62. The van der Waals surface area contributed by atoms with E-state index in [2.05, 4.69) is 10.2 Å². The third-order valence-electron chi connectivity index (χ3n) is 2.15. The van der Waals surface area contributed by atoms with Crippen LogP contribution < -0.4 is 0 Å². The van der Waals surface area contributed by atoms with Crippen LogP contribution in [0.15, 0.2) is 12.3 Å². The second-order valence-corrected chi connectivity index (χ2v) is 3.09. The fourth-order valence-electron chi connectivity index (χ4n) is 1.33. The Balaban J connectivity index is 2.31. The van der Waals surface area contributed by atoms with Gasteiger partial charge in [0, 0.05) is 12.6 Å². The Morgan fingerprint density at radius 1 is 1.58 bits per heavy atom. The van der Waals surface area contributed by atoms with Crippen molar-refractivity contribution in [3.8, 4) is 0 Å². The van der Waals surface area contributed by atoms with Crippen molar-refractivity contribution in [3.63, 3.8) is 0 Å². The van der Waals surface area contributed by atoms with Crippen LogP contribution in [0.2, 0.25) is 0 Å². The summed E-state index contributed by atoms with van der Waals surface area (Å²) in [5.41, 5.74) is 1.25. The van der Waals surface area contributed by atoms with Crippen molar-refractivity contribution in [1.82, 2.24) is 10.2 Å². The van der Waals surface area contributed by atoms with Crippen molar-refractivity contribution in [2.24, 2.45) is 0 Å². The van der Waals surface area contributed by atoms with Gasteiger partial charge >= 0.3 is 0 Å². The topological polar surface area (TPSA) is 25.8 Å². The molecule has 2 rings (SSSR count). The lowest BCUT2D eigenvalue weighted by molar-refractivity contribution is 0.112. The van der Waals surface area contributed by atoms with E-state index in [0.29, 0.717) is 11.3 Å². The number of alkyl halides is 2. The molecule has 0 radical (unpaired) electrons. The molecule has 12 heavy (non-hydrogen) atoms. The number of hydrogen-bond acceptors (Lipinski definition) is 2. The molecule has 4 heteroatoms. The Bertz CT molecular complexity index is 312. The Hall–Kier alpha value is -1.06. The molecule has 0 amide bonds. The van der Waals surface area contributed by atoms with Gasteiger partial charge in [0.25, 0.3) is 5.92 Å². The van der Waals surface area contributed by atoms with Crippen molar-refractivity contribution in [2.75, 3.05) is 0 Å². The van der Waals surface area contributed by atoms with E-state index in [9.17, 15) is 8.78 Å². The van der Waals surface area contributed by atoms with Crippen molar-refractivity contribution in [2.45, 2.75) is 25.2 Å². The molecule has 1 saturated carbocycles. The number of halogens is 2. The predicted octanol–water partition coefficient (Wildman–Crippen LogP) is 1.91. The molecule has 2 nitrogen and oxygen atoms in total. The van der Waals surface area contributed by atoms with Crippen LogP contribution in [-0.4, -0.2) is 16.1 Å². The first kappa shape index (κ1) is 7.58. The van der Waals surface area contributed by atoms with Gasteiger partial charge in [0.1, 0.15) is 0 Å². The van der Waals surface area contributed by atoms with Crippen molar-refractivity contribution < 1.29 is 8.78 Å². The molecule has 1 aliphatic rings. The average Bonchev–Trinajstić information content (AvgIpc) is 2.61. The molecule has 0 N–H and O–H groups in total. The fraction of sp³-hybridized carbons (Fsp3) is 0.500. The third-order valence-corrected chi connectivity index (χ3v) is 2.15. The summed E-state index contributed by atoms with van der Waals surface area (Å²) in [7, 11) is 0. The largest absolute Gasteiger partial charge is 0.256 e. The zero-order valence-electron chi connectivity index (χ0n) is 6.59. The molecule has 1 aliphatic carbocycles. The molecular weight excluding hydrogens is 162 g/mol. The van der Waals surface area contributed by atoms with E-state index < -0.39 is 11.8 Å². The highest BCUT2D eigenvalue weighted by atomic mass is 19.3. The van der Waals surface area contributed by atoms with Crippen LogP contribution in [0.4, 0.5) is 8.78 Å². The molecule has 0 spiro atoms. The lowest BCUT2D eigenvalue weighted by Crippen LogP contribution is -1.97. The smallest absolute Gasteiger partial charge is 0.206 e. The van der Waals surface area contributed by atoms with Crippen LogP contribution in [0.1, 0.15) is 23.6 Å². The lowest BCUT2D eigenvalue weighted by Gasteiger charge is -2.00. The van der Waals surface area contributed by atoms with Crippen LogP contribution in [0.25, 0.3) is 0 Å². The fourth-order valence-corrected chi connectivity index (χ4v) is 1.33. The quantitative estimate of drug-likeness (QED) is 0.643. The van der Waals surface area contributed by atoms with Crippen molar-refractivity contribution in [3.05, 3.63) is 23.5 Å². The number of aryl methyl sites for hydroxylation is 1. The molecule has 0 aliphatic heterocycles. The SMILES string of the molecule is Cc1nnccc1C1CC1(F)F. The molecule has 0 aromatic carbocycles. The first-order valence-corrected chi connectivity index (χ1v) is 3.77. The van der Waals surface area contributed by atoms with Crippen LogP contribution >= 0.6 is 0 Å². The molecule has 1 aromatic heterocycles. The van der Waals surface area contributed by atoms with Crippen LogP contribution in [0, 0.1) is 6.92 Å². The normalized spacial score (nSPS) is 25.4. The van der Waals surface area contributed by atoms with E-state index in [4.69, 9.17) is 0 Å². The highest BCUT2D eigenvalue weighted by molar-refractivity contribution is 5.30. The molecule has 1 heterocycles. The zero-order chi connectivity index (χ0) is 8.77. The minimum atomic E-state index is -2.51. The molecule has 1 fully saturated rings. The Morgan fingerprint density at radius 3 is 2.75 bits per heavy atom. The summed E-state index contributed by atoms with van der Waals surface area (Å²) in [4.78, 5) is 0. The first-order valence-electron chi connectivity index (χ1n) is 3.77.